The van der Waals surface area contributed by atoms with Gasteiger partial charge in [0.25, 0.3) is 0 Å². The largest absolute Gasteiger partial charge is 0.497 e. The zero-order valence-electron chi connectivity index (χ0n) is 13.6. The molecule has 0 heterocycles. The van der Waals surface area contributed by atoms with Gasteiger partial charge in [-0.05, 0) is 59.8 Å². The van der Waals surface area contributed by atoms with Crippen LogP contribution in [0, 0.1) is 5.92 Å². The molecule has 0 saturated heterocycles. The molecule has 0 radical (unpaired) electrons. The summed E-state index contributed by atoms with van der Waals surface area (Å²) in [5.41, 5.74) is 1.38. The van der Waals surface area contributed by atoms with E-state index in [0.29, 0.717) is 6.04 Å². The number of hydrogen-bond acceptors (Lipinski definition) is 2. The van der Waals surface area contributed by atoms with Gasteiger partial charge in [-0.2, -0.15) is 0 Å². The Kier molecular flexibility index (Phi) is 5.63. The summed E-state index contributed by atoms with van der Waals surface area (Å²) in [4.78, 5) is 0. The van der Waals surface area contributed by atoms with E-state index in [2.05, 4.69) is 56.4 Å². The zero-order valence-corrected chi connectivity index (χ0v) is 13.6. The van der Waals surface area contributed by atoms with E-state index in [9.17, 15) is 0 Å². The minimum absolute atomic E-state index is 0.448. The summed E-state index contributed by atoms with van der Waals surface area (Å²) in [5, 5.41) is 6.13. The van der Waals surface area contributed by atoms with Gasteiger partial charge in [-0.15, -0.1) is 0 Å². The standard InChI is InChI=1S/C19H27NO/c1-5-20-19(11-6-14(2)3)17-8-7-16-13-18(21-4)10-9-15(16)12-17/h7-10,12-14,19-20H,5-6,11H2,1-4H3. The number of fused-ring (bicyclic) bond motifs is 1. The van der Waals surface area contributed by atoms with Gasteiger partial charge in [0.15, 0.2) is 0 Å². The highest BCUT2D eigenvalue weighted by atomic mass is 16.5. The van der Waals surface area contributed by atoms with Gasteiger partial charge in [0.05, 0.1) is 7.11 Å². The van der Waals surface area contributed by atoms with E-state index >= 15 is 0 Å². The average Bonchev–Trinajstić information content (AvgIpc) is 2.50. The van der Waals surface area contributed by atoms with Crippen molar-refractivity contribution in [3.63, 3.8) is 0 Å². The van der Waals surface area contributed by atoms with Crippen molar-refractivity contribution in [2.75, 3.05) is 13.7 Å². The quantitative estimate of drug-likeness (QED) is 0.778. The van der Waals surface area contributed by atoms with Crippen molar-refractivity contribution >= 4 is 10.8 Å². The molecule has 0 spiro atoms. The lowest BCUT2D eigenvalue weighted by Crippen LogP contribution is -2.21. The van der Waals surface area contributed by atoms with Crippen LogP contribution in [0.4, 0.5) is 0 Å². The average molecular weight is 285 g/mol. The second kappa shape index (κ2) is 7.46. The fourth-order valence-electron chi connectivity index (χ4n) is 2.72. The van der Waals surface area contributed by atoms with Crippen molar-refractivity contribution in [1.29, 1.82) is 0 Å². The van der Waals surface area contributed by atoms with Gasteiger partial charge < -0.3 is 10.1 Å². The summed E-state index contributed by atoms with van der Waals surface area (Å²) >= 11 is 0. The molecule has 0 amide bonds. The molecule has 1 atom stereocenters. The number of hydrogen-bond donors (Lipinski definition) is 1. The molecule has 2 rings (SSSR count). The smallest absolute Gasteiger partial charge is 0.119 e. The topological polar surface area (TPSA) is 21.3 Å². The highest BCUT2D eigenvalue weighted by molar-refractivity contribution is 5.84. The molecule has 21 heavy (non-hydrogen) atoms. The van der Waals surface area contributed by atoms with Crippen LogP contribution in [0.3, 0.4) is 0 Å². The summed E-state index contributed by atoms with van der Waals surface area (Å²) in [6.07, 6.45) is 2.44. The third-order valence-electron chi connectivity index (χ3n) is 3.96. The van der Waals surface area contributed by atoms with Crippen LogP contribution in [-0.2, 0) is 0 Å². The van der Waals surface area contributed by atoms with Crippen molar-refractivity contribution in [1.82, 2.24) is 5.32 Å². The predicted molar refractivity (Wildman–Crippen MR) is 91.0 cm³/mol. The van der Waals surface area contributed by atoms with Gasteiger partial charge in [0.2, 0.25) is 0 Å². The van der Waals surface area contributed by atoms with Crippen LogP contribution in [0.25, 0.3) is 10.8 Å². The molecule has 2 heteroatoms. The number of nitrogens with one attached hydrogen (secondary N) is 1. The highest BCUT2D eigenvalue weighted by Gasteiger charge is 2.11. The normalized spacial score (nSPS) is 12.8. The summed E-state index contributed by atoms with van der Waals surface area (Å²) in [6, 6.07) is 13.5. The Balaban J connectivity index is 2.25. The number of methoxy groups -OCH3 is 1. The molecule has 0 bridgehead atoms. The molecule has 1 N–H and O–H groups in total. The van der Waals surface area contributed by atoms with E-state index in [1.165, 1.54) is 29.2 Å². The summed E-state index contributed by atoms with van der Waals surface area (Å²) in [7, 11) is 1.71. The Morgan fingerprint density at radius 3 is 2.38 bits per heavy atom. The van der Waals surface area contributed by atoms with Crippen molar-refractivity contribution in [3.8, 4) is 5.75 Å². The SMILES string of the molecule is CCNC(CCC(C)C)c1ccc2cc(OC)ccc2c1. The summed E-state index contributed by atoms with van der Waals surface area (Å²) in [5.74, 6) is 1.66. The van der Waals surface area contributed by atoms with Crippen LogP contribution in [0.1, 0.15) is 45.2 Å². The van der Waals surface area contributed by atoms with Gasteiger partial charge in [-0.25, -0.2) is 0 Å². The maximum absolute atomic E-state index is 5.29. The van der Waals surface area contributed by atoms with Gasteiger partial charge in [0.1, 0.15) is 5.75 Å². The third kappa shape index (κ3) is 4.21. The molecule has 0 saturated carbocycles. The number of rotatable bonds is 7. The van der Waals surface area contributed by atoms with Crippen molar-refractivity contribution in [2.45, 2.75) is 39.7 Å². The van der Waals surface area contributed by atoms with Crippen molar-refractivity contribution in [2.24, 2.45) is 5.92 Å². The molecule has 0 fully saturated rings. The molecule has 0 aliphatic heterocycles. The lowest BCUT2D eigenvalue weighted by molar-refractivity contribution is 0.415. The maximum Gasteiger partial charge on any atom is 0.119 e. The Labute approximate surface area is 128 Å². The van der Waals surface area contributed by atoms with E-state index in [1.807, 2.05) is 6.07 Å². The molecule has 0 aromatic heterocycles. The number of benzene rings is 2. The molecular weight excluding hydrogens is 258 g/mol. The Morgan fingerprint density at radius 1 is 1.00 bits per heavy atom. The van der Waals surface area contributed by atoms with Crippen LogP contribution in [0.2, 0.25) is 0 Å². The monoisotopic (exact) mass is 285 g/mol. The molecule has 2 nitrogen and oxygen atoms in total. The first kappa shape index (κ1) is 15.8. The highest BCUT2D eigenvalue weighted by Crippen LogP contribution is 2.27. The second-order valence-electron chi connectivity index (χ2n) is 6.05. The van der Waals surface area contributed by atoms with Crippen LogP contribution >= 0.6 is 0 Å². The Morgan fingerprint density at radius 2 is 1.71 bits per heavy atom. The molecule has 1 unspecified atom stereocenters. The van der Waals surface area contributed by atoms with Crippen molar-refractivity contribution < 1.29 is 4.74 Å². The van der Waals surface area contributed by atoms with Gasteiger partial charge in [-0.3, -0.25) is 0 Å². The first-order chi connectivity index (χ1) is 10.1. The van der Waals surface area contributed by atoms with Crippen LogP contribution < -0.4 is 10.1 Å². The first-order valence-corrected chi connectivity index (χ1v) is 7.95. The maximum atomic E-state index is 5.29. The molecule has 0 aliphatic carbocycles. The molecule has 2 aromatic rings. The Bertz CT molecular complexity index is 577. The fraction of sp³-hybridized carbons (Fsp3) is 0.474. The van der Waals surface area contributed by atoms with Crippen molar-refractivity contribution in [3.05, 3.63) is 42.0 Å². The van der Waals surface area contributed by atoms with Crippen LogP contribution in [0.15, 0.2) is 36.4 Å². The molecule has 2 aromatic carbocycles. The van der Waals surface area contributed by atoms with Crippen LogP contribution in [0.5, 0.6) is 5.75 Å². The molecule has 0 aliphatic rings. The van der Waals surface area contributed by atoms with Gasteiger partial charge in [0, 0.05) is 6.04 Å². The lowest BCUT2D eigenvalue weighted by atomic mass is 9.95. The van der Waals surface area contributed by atoms with Gasteiger partial charge in [-0.1, -0.05) is 39.0 Å². The predicted octanol–water partition coefficient (Wildman–Crippen LogP) is 4.94. The minimum atomic E-state index is 0.448. The van der Waals surface area contributed by atoms with E-state index in [0.717, 1.165) is 18.2 Å². The summed E-state index contributed by atoms with van der Waals surface area (Å²) in [6.45, 7) is 7.75. The van der Waals surface area contributed by atoms with E-state index in [1.54, 1.807) is 7.11 Å². The Hall–Kier alpha value is -1.54. The molecule has 114 valence electrons. The fourth-order valence-corrected chi connectivity index (χ4v) is 2.72. The molecular formula is C19H27NO. The zero-order chi connectivity index (χ0) is 15.2. The van der Waals surface area contributed by atoms with E-state index in [4.69, 9.17) is 4.74 Å². The lowest BCUT2D eigenvalue weighted by Gasteiger charge is -2.20. The second-order valence-corrected chi connectivity index (χ2v) is 6.05. The number of ether oxygens (including phenoxy) is 1. The summed E-state index contributed by atoms with van der Waals surface area (Å²) < 4.78 is 5.29. The van der Waals surface area contributed by atoms with Crippen LogP contribution in [-0.4, -0.2) is 13.7 Å². The van der Waals surface area contributed by atoms with E-state index in [-0.39, 0.29) is 0 Å². The van der Waals surface area contributed by atoms with Gasteiger partial charge >= 0.3 is 0 Å². The third-order valence-corrected chi connectivity index (χ3v) is 3.96. The first-order valence-electron chi connectivity index (χ1n) is 7.95. The van der Waals surface area contributed by atoms with E-state index < -0.39 is 0 Å². The minimum Gasteiger partial charge on any atom is -0.497 e.